The van der Waals surface area contributed by atoms with Gasteiger partial charge in [0.05, 0.1) is 5.39 Å². The van der Waals surface area contributed by atoms with Crippen LogP contribution in [0.15, 0.2) is 59.4 Å². The van der Waals surface area contributed by atoms with E-state index in [4.69, 9.17) is 21.1 Å². The largest absolute Gasteiger partial charge is 0.490 e. The molecule has 4 aromatic rings. The Morgan fingerprint density at radius 3 is 2.71 bits per heavy atom. The predicted molar refractivity (Wildman–Crippen MR) is 121 cm³/mol. The van der Waals surface area contributed by atoms with Crippen molar-refractivity contribution in [2.45, 2.75) is 13.3 Å². The molecule has 158 valence electrons. The molecule has 8 heteroatoms. The van der Waals surface area contributed by atoms with Gasteiger partial charge in [-0.3, -0.25) is 4.79 Å². The molecule has 0 saturated carbocycles. The number of thiophene rings is 1. The number of benzene rings is 2. The van der Waals surface area contributed by atoms with Crippen LogP contribution < -0.4 is 10.3 Å². The summed E-state index contributed by atoms with van der Waals surface area (Å²) < 4.78 is 10.9. The van der Waals surface area contributed by atoms with Crippen LogP contribution in [-0.2, 0) is 11.2 Å². The van der Waals surface area contributed by atoms with E-state index in [0.29, 0.717) is 43.7 Å². The zero-order chi connectivity index (χ0) is 21.8. The lowest BCUT2D eigenvalue weighted by Gasteiger charge is -2.06. The normalized spacial score (nSPS) is 10.9. The van der Waals surface area contributed by atoms with Gasteiger partial charge >= 0.3 is 5.97 Å². The number of carbonyl (C=O) groups excluding carboxylic acids is 1. The highest BCUT2D eigenvalue weighted by Gasteiger charge is 2.20. The van der Waals surface area contributed by atoms with Crippen molar-refractivity contribution in [1.82, 2.24) is 9.97 Å². The number of aromatic nitrogens is 2. The molecular weight excluding hydrogens is 436 g/mol. The Balaban J connectivity index is 1.48. The number of nitrogens with zero attached hydrogens (tertiary/aromatic N) is 1. The molecule has 0 atom stereocenters. The van der Waals surface area contributed by atoms with Crippen LogP contribution >= 0.6 is 22.9 Å². The fraction of sp³-hybridized carbons (Fsp3) is 0.174. The number of rotatable bonds is 7. The number of aryl methyl sites for hydroxylation is 1. The van der Waals surface area contributed by atoms with Crippen LogP contribution in [0.2, 0.25) is 5.02 Å². The van der Waals surface area contributed by atoms with Crippen LogP contribution in [0.3, 0.4) is 0 Å². The lowest BCUT2D eigenvalue weighted by molar-refractivity contribution is 0.0455. The molecule has 0 aliphatic heterocycles. The number of carbonyl (C=O) groups is 1. The Bertz CT molecular complexity index is 1280. The second kappa shape index (κ2) is 9.32. The molecule has 4 rings (SSSR count). The van der Waals surface area contributed by atoms with Gasteiger partial charge in [0.25, 0.3) is 5.56 Å². The van der Waals surface area contributed by atoms with Crippen LogP contribution in [0.1, 0.15) is 26.6 Å². The van der Waals surface area contributed by atoms with E-state index in [1.54, 1.807) is 13.0 Å². The average Bonchev–Trinajstić information content (AvgIpc) is 3.09. The van der Waals surface area contributed by atoms with Gasteiger partial charge in [-0.1, -0.05) is 41.9 Å². The first-order chi connectivity index (χ1) is 15.0. The van der Waals surface area contributed by atoms with Gasteiger partial charge in [-0.2, -0.15) is 0 Å². The molecular formula is C23H19ClN2O4S. The fourth-order valence-electron chi connectivity index (χ4n) is 3.18. The molecule has 6 nitrogen and oxygen atoms in total. The minimum absolute atomic E-state index is 0.102. The molecule has 31 heavy (non-hydrogen) atoms. The summed E-state index contributed by atoms with van der Waals surface area (Å²) in [5.41, 5.74) is 1.22. The molecule has 0 radical (unpaired) electrons. The first kappa shape index (κ1) is 21.1. The topological polar surface area (TPSA) is 81.3 Å². The Labute approximate surface area is 187 Å². The van der Waals surface area contributed by atoms with Crippen molar-refractivity contribution >= 4 is 39.1 Å². The van der Waals surface area contributed by atoms with Gasteiger partial charge in [0.1, 0.15) is 34.5 Å². The van der Waals surface area contributed by atoms with Crippen molar-refractivity contribution in [2.75, 3.05) is 13.2 Å². The molecule has 0 amide bonds. The summed E-state index contributed by atoms with van der Waals surface area (Å²) >= 11 is 7.19. The highest BCUT2D eigenvalue weighted by Crippen LogP contribution is 2.28. The number of ether oxygens (including phenoxy) is 2. The SMILES string of the molecule is Cc1c(C(=O)OCCOc2ccccc2)sc2nc(Cc3cccc(Cl)c3)[nH]c(=O)c12. The van der Waals surface area contributed by atoms with E-state index < -0.39 is 5.97 Å². The summed E-state index contributed by atoms with van der Waals surface area (Å²) in [5.74, 6) is 0.727. The molecule has 0 unspecified atom stereocenters. The third kappa shape index (κ3) is 4.95. The summed E-state index contributed by atoms with van der Waals surface area (Å²) in [4.78, 5) is 33.4. The van der Waals surface area contributed by atoms with Crippen LogP contribution in [0.25, 0.3) is 10.2 Å². The second-order valence-electron chi connectivity index (χ2n) is 6.85. The molecule has 0 bridgehead atoms. The van der Waals surface area contributed by atoms with Gasteiger partial charge in [0.15, 0.2) is 0 Å². The maximum absolute atomic E-state index is 12.6. The number of fused-ring (bicyclic) bond motifs is 1. The van der Waals surface area contributed by atoms with Crippen molar-refractivity contribution < 1.29 is 14.3 Å². The van der Waals surface area contributed by atoms with Crippen molar-refractivity contribution in [3.63, 3.8) is 0 Å². The van der Waals surface area contributed by atoms with Crippen LogP contribution in [0.4, 0.5) is 0 Å². The molecule has 1 N–H and O–H groups in total. The van der Waals surface area contributed by atoms with Crippen LogP contribution in [0.5, 0.6) is 5.75 Å². The van der Waals surface area contributed by atoms with E-state index >= 15 is 0 Å². The fourth-order valence-corrected chi connectivity index (χ4v) is 4.49. The summed E-state index contributed by atoms with van der Waals surface area (Å²) in [6.45, 7) is 2.07. The number of nitrogens with one attached hydrogen (secondary N) is 1. The number of para-hydroxylation sites is 1. The van der Waals surface area contributed by atoms with E-state index in [1.807, 2.05) is 48.5 Å². The Hall–Kier alpha value is -3.16. The standard InChI is InChI=1S/C23H19ClN2O4S/c1-14-19-21(27)25-18(13-15-6-5-7-16(24)12-15)26-22(19)31-20(14)23(28)30-11-10-29-17-8-3-2-4-9-17/h2-9,12H,10-11,13H2,1H3,(H,25,26,27). The van der Waals surface area contributed by atoms with E-state index in [-0.39, 0.29) is 18.8 Å². The highest BCUT2D eigenvalue weighted by molar-refractivity contribution is 7.20. The molecule has 0 fully saturated rings. The quantitative estimate of drug-likeness (QED) is 0.321. The minimum Gasteiger partial charge on any atom is -0.490 e. The summed E-state index contributed by atoms with van der Waals surface area (Å²) in [6.07, 6.45) is 0.430. The lowest BCUT2D eigenvalue weighted by Crippen LogP contribution is -2.13. The average molecular weight is 455 g/mol. The molecule has 2 heterocycles. The zero-order valence-electron chi connectivity index (χ0n) is 16.7. The molecule has 2 aromatic carbocycles. The van der Waals surface area contributed by atoms with E-state index in [2.05, 4.69) is 9.97 Å². The van der Waals surface area contributed by atoms with Crippen molar-refractivity contribution in [2.24, 2.45) is 0 Å². The molecule has 0 aliphatic rings. The lowest BCUT2D eigenvalue weighted by atomic mass is 10.1. The number of aromatic amines is 1. The molecule has 2 aromatic heterocycles. The number of H-pyrrole nitrogens is 1. The summed E-state index contributed by atoms with van der Waals surface area (Å²) in [6, 6.07) is 16.7. The maximum atomic E-state index is 12.6. The second-order valence-corrected chi connectivity index (χ2v) is 8.29. The van der Waals surface area contributed by atoms with Crippen molar-refractivity contribution in [1.29, 1.82) is 0 Å². The maximum Gasteiger partial charge on any atom is 0.348 e. The third-order valence-corrected chi connectivity index (χ3v) is 6.02. The number of hydrogen-bond acceptors (Lipinski definition) is 6. The Morgan fingerprint density at radius 2 is 1.94 bits per heavy atom. The minimum atomic E-state index is -0.493. The highest BCUT2D eigenvalue weighted by atomic mass is 35.5. The molecule has 0 spiro atoms. The van der Waals surface area contributed by atoms with Gasteiger partial charge < -0.3 is 14.5 Å². The Kier molecular flexibility index (Phi) is 6.34. The van der Waals surface area contributed by atoms with Crippen molar-refractivity contribution in [3.05, 3.63) is 91.8 Å². The molecule has 0 aliphatic carbocycles. The smallest absolute Gasteiger partial charge is 0.348 e. The van der Waals surface area contributed by atoms with E-state index in [9.17, 15) is 9.59 Å². The van der Waals surface area contributed by atoms with Crippen molar-refractivity contribution in [3.8, 4) is 5.75 Å². The zero-order valence-corrected chi connectivity index (χ0v) is 18.3. The van der Waals surface area contributed by atoms with Crippen LogP contribution in [0, 0.1) is 6.92 Å². The summed E-state index contributed by atoms with van der Waals surface area (Å²) in [7, 11) is 0. The van der Waals surface area contributed by atoms with Gasteiger partial charge in [0, 0.05) is 11.4 Å². The molecule has 0 saturated heterocycles. The monoisotopic (exact) mass is 454 g/mol. The van der Waals surface area contributed by atoms with E-state index in [1.165, 1.54) is 0 Å². The van der Waals surface area contributed by atoms with Crippen LogP contribution in [-0.4, -0.2) is 29.2 Å². The van der Waals surface area contributed by atoms with Gasteiger partial charge in [0.2, 0.25) is 0 Å². The number of hydrogen-bond donors (Lipinski definition) is 1. The number of esters is 1. The van der Waals surface area contributed by atoms with Gasteiger partial charge in [-0.25, -0.2) is 9.78 Å². The van der Waals surface area contributed by atoms with Gasteiger partial charge in [-0.15, -0.1) is 11.3 Å². The first-order valence-electron chi connectivity index (χ1n) is 9.63. The number of halogens is 1. The van der Waals surface area contributed by atoms with E-state index in [0.717, 1.165) is 16.9 Å². The van der Waals surface area contributed by atoms with Gasteiger partial charge in [-0.05, 0) is 42.3 Å². The summed E-state index contributed by atoms with van der Waals surface area (Å²) in [5, 5.41) is 1.03. The predicted octanol–water partition coefficient (Wildman–Crippen LogP) is 4.77. The first-order valence-corrected chi connectivity index (χ1v) is 10.8. The Morgan fingerprint density at radius 1 is 1.13 bits per heavy atom. The third-order valence-electron chi connectivity index (χ3n) is 4.62.